The van der Waals surface area contributed by atoms with Crippen LogP contribution in [0.5, 0.6) is 0 Å². The van der Waals surface area contributed by atoms with Crippen molar-refractivity contribution in [1.29, 1.82) is 0 Å². The summed E-state index contributed by atoms with van der Waals surface area (Å²) in [6.45, 7) is 3.50. The molecule has 1 saturated heterocycles. The molecule has 1 aliphatic rings. The fraction of sp³-hybridized carbons (Fsp3) is 0.300. The Hall–Kier alpha value is -2.83. The Bertz CT molecular complexity index is 906. The van der Waals surface area contributed by atoms with Gasteiger partial charge in [0.25, 0.3) is 0 Å². The first kappa shape index (κ1) is 18.9. The molecule has 0 radical (unpaired) electrons. The fourth-order valence-electron chi connectivity index (χ4n) is 3.50. The Balaban J connectivity index is 1.95. The van der Waals surface area contributed by atoms with Gasteiger partial charge in [-0.25, -0.2) is 13.2 Å². The molecule has 2 aromatic carbocycles. The molecule has 2 unspecified atom stereocenters. The summed E-state index contributed by atoms with van der Waals surface area (Å²) >= 11 is 0. The minimum Gasteiger partial charge on any atom is -0.344 e. The normalized spacial score (nSPS) is 19.5. The highest BCUT2D eigenvalue weighted by Gasteiger charge is 2.44. The standard InChI is InChI=1S/C20H19F3N2O2/c1-10-7-12(8-11(2)17(10)22)13-9-25(3)20(27)16(13)19(26)24-15-6-4-5-14(21)18(15)23/h4-8,13,16H,9H2,1-3H3,(H,24,26). The van der Waals surface area contributed by atoms with Crippen LogP contribution in [0, 0.1) is 37.2 Å². The first-order valence-corrected chi connectivity index (χ1v) is 8.47. The molecule has 27 heavy (non-hydrogen) atoms. The average Bonchev–Trinajstić information content (AvgIpc) is 2.91. The summed E-state index contributed by atoms with van der Waals surface area (Å²) in [5.74, 6) is -5.38. The van der Waals surface area contributed by atoms with Crippen LogP contribution < -0.4 is 5.32 Å². The first-order chi connectivity index (χ1) is 12.7. The van der Waals surface area contributed by atoms with Gasteiger partial charge in [0.15, 0.2) is 11.6 Å². The number of rotatable bonds is 3. The van der Waals surface area contributed by atoms with E-state index in [0.29, 0.717) is 16.7 Å². The Morgan fingerprint density at radius 3 is 2.37 bits per heavy atom. The van der Waals surface area contributed by atoms with Gasteiger partial charge in [-0.2, -0.15) is 0 Å². The number of likely N-dealkylation sites (tertiary alicyclic amines) is 1. The molecule has 4 nitrogen and oxygen atoms in total. The smallest absolute Gasteiger partial charge is 0.237 e. The van der Waals surface area contributed by atoms with Crippen LogP contribution in [0.3, 0.4) is 0 Å². The largest absolute Gasteiger partial charge is 0.344 e. The molecule has 0 spiro atoms. The number of nitrogens with zero attached hydrogens (tertiary/aromatic N) is 1. The number of carbonyl (C=O) groups is 2. The van der Waals surface area contributed by atoms with E-state index in [1.807, 2.05) is 0 Å². The number of anilines is 1. The third-order valence-electron chi connectivity index (χ3n) is 4.89. The molecule has 2 amide bonds. The molecule has 1 fully saturated rings. The van der Waals surface area contributed by atoms with E-state index in [1.165, 1.54) is 17.0 Å². The fourth-order valence-corrected chi connectivity index (χ4v) is 3.50. The molecule has 2 atom stereocenters. The summed E-state index contributed by atoms with van der Waals surface area (Å²) in [6.07, 6.45) is 0. The maximum atomic E-state index is 13.9. The van der Waals surface area contributed by atoms with Gasteiger partial charge in [0.05, 0.1) is 5.69 Å². The molecule has 3 rings (SSSR count). The van der Waals surface area contributed by atoms with Crippen molar-refractivity contribution in [3.63, 3.8) is 0 Å². The molecule has 1 N–H and O–H groups in total. The lowest BCUT2D eigenvalue weighted by Crippen LogP contribution is -2.33. The van der Waals surface area contributed by atoms with E-state index < -0.39 is 35.3 Å². The second-order valence-corrected chi connectivity index (χ2v) is 6.86. The van der Waals surface area contributed by atoms with Gasteiger partial charge in [-0.15, -0.1) is 0 Å². The van der Waals surface area contributed by atoms with Crippen LogP contribution in [-0.4, -0.2) is 30.3 Å². The monoisotopic (exact) mass is 376 g/mol. The van der Waals surface area contributed by atoms with Crippen molar-refractivity contribution in [3.05, 3.63) is 64.5 Å². The van der Waals surface area contributed by atoms with Crippen LogP contribution in [0.25, 0.3) is 0 Å². The number of likely N-dealkylation sites (N-methyl/N-ethyl adjacent to an activating group) is 1. The number of nitrogens with one attached hydrogen (secondary N) is 1. The van der Waals surface area contributed by atoms with E-state index in [9.17, 15) is 22.8 Å². The summed E-state index contributed by atoms with van der Waals surface area (Å²) in [4.78, 5) is 26.7. The highest BCUT2D eigenvalue weighted by Crippen LogP contribution is 2.35. The zero-order chi connectivity index (χ0) is 19.9. The van der Waals surface area contributed by atoms with E-state index >= 15 is 0 Å². The Kier molecular flexibility index (Phi) is 4.95. The van der Waals surface area contributed by atoms with Crippen molar-refractivity contribution in [2.45, 2.75) is 19.8 Å². The van der Waals surface area contributed by atoms with Gasteiger partial charge in [-0.1, -0.05) is 18.2 Å². The van der Waals surface area contributed by atoms with E-state index in [4.69, 9.17) is 0 Å². The molecule has 142 valence electrons. The number of halogens is 3. The van der Waals surface area contributed by atoms with Gasteiger partial charge in [0, 0.05) is 19.5 Å². The second kappa shape index (κ2) is 7.06. The molecule has 0 aliphatic carbocycles. The summed E-state index contributed by atoms with van der Waals surface area (Å²) in [6, 6.07) is 6.65. The van der Waals surface area contributed by atoms with Crippen LogP contribution in [0.15, 0.2) is 30.3 Å². The minimum atomic E-state index is -1.19. The van der Waals surface area contributed by atoms with Gasteiger partial charge in [0.1, 0.15) is 11.7 Å². The topological polar surface area (TPSA) is 49.4 Å². The SMILES string of the molecule is Cc1cc(C2CN(C)C(=O)C2C(=O)Nc2cccc(F)c2F)cc(C)c1F. The average molecular weight is 376 g/mol. The molecule has 0 aromatic heterocycles. The summed E-state index contributed by atoms with van der Waals surface area (Å²) in [5.41, 5.74) is 1.17. The zero-order valence-corrected chi connectivity index (χ0v) is 15.1. The van der Waals surface area contributed by atoms with Gasteiger partial charge in [-0.05, 0) is 42.7 Å². The minimum absolute atomic E-state index is 0.271. The van der Waals surface area contributed by atoms with Crippen LogP contribution in [0.1, 0.15) is 22.6 Å². The maximum Gasteiger partial charge on any atom is 0.237 e. The molecule has 2 aromatic rings. The van der Waals surface area contributed by atoms with Crippen molar-refractivity contribution >= 4 is 17.5 Å². The van der Waals surface area contributed by atoms with E-state index in [-0.39, 0.29) is 18.0 Å². The Morgan fingerprint density at radius 1 is 1.11 bits per heavy atom. The van der Waals surface area contributed by atoms with Crippen LogP contribution in [0.2, 0.25) is 0 Å². The van der Waals surface area contributed by atoms with Crippen molar-refractivity contribution in [3.8, 4) is 0 Å². The molecular formula is C20H19F3N2O2. The summed E-state index contributed by atoms with van der Waals surface area (Å²) < 4.78 is 41.2. The van der Waals surface area contributed by atoms with Crippen LogP contribution in [0.4, 0.5) is 18.9 Å². The lowest BCUT2D eigenvalue weighted by atomic mass is 9.86. The van der Waals surface area contributed by atoms with Crippen LogP contribution in [-0.2, 0) is 9.59 Å². The number of hydrogen-bond donors (Lipinski definition) is 1. The number of carbonyl (C=O) groups excluding carboxylic acids is 2. The predicted molar refractivity (Wildman–Crippen MR) is 94.7 cm³/mol. The van der Waals surface area contributed by atoms with Gasteiger partial charge < -0.3 is 10.2 Å². The Morgan fingerprint density at radius 2 is 1.74 bits per heavy atom. The van der Waals surface area contributed by atoms with Gasteiger partial charge in [0.2, 0.25) is 11.8 Å². The third kappa shape index (κ3) is 3.41. The quantitative estimate of drug-likeness (QED) is 0.834. The summed E-state index contributed by atoms with van der Waals surface area (Å²) in [5, 5.41) is 2.31. The second-order valence-electron chi connectivity index (χ2n) is 6.86. The van der Waals surface area contributed by atoms with Crippen molar-refractivity contribution < 1.29 is 22.8 Å². The molecule has 0 bridgehead atoms. The first-order valence-electron chi connectivity index (χ1n) is 8.47. The van der Waals surface area contributed by atoms with Crippen molar-refractivity contribution in [2.24, 2.45) is 5.92 Å². The molecule has 1 heterocycles. The number of hydrogen-bond acceptors (Lipinski definition) is 2. The Labute approximate surface area is 155 Å². The van der Waals surface area contributed by atoms with E-state index in [0.717, 1.165) is 6.07 Å². The number of amides is 2. The highest BCUT2D eigenvalue weighted by molar-refractivity contribution is 6.08. The van der Waals surface area contributed by atoms with E-state index in [1.54, 1.807) is 33.0 Å². The number of aryl methyl sites for hydroxylation is 2. The lowest BCUT2D eigenvalue weighted by Gasteiger charge is -2.18. The summed E-state index contributed by atoms with van der Waals surface area (Å²) in [7, 11) is 1.56. The van der Waals surface area contributed by atoms with Crippen molar-refractivity contribution in [1.82, 2.24) is 4.90 Å². The molecule has 1 aliphatic heterocycles. The van der Waals surface area contributed by atoms with Crippen molar-refractivity contribution in [2.75, 3.05) is 18.9 Å². The third-order valence-corrected chi connectivity index (χ3v) is 4.89. The van der Waals surface area contributed by atoms with Gasteiger partial charge in [-0.3, -0.25) is 9.59 Å². The lowest BCUT2D eigenvalue weighted by molar-refractivity contribution is -0.135. The molecular weight excluding hydrogens is 357 g/mol. The van der Waals surface area contributed by atoms with Gasteiger partial charge >= 0.3 is 0 Å². The van der Waals surface area contributed by atoms with E-state index in [2.05, 4.69) is 5.32 Å². The maximum absolute atomic E-state index is 13.9. The van der Waals surface area contributed by atoms with Crippen LogP contribution >= 0.6 is 0 Å². The zero-order valence-electron chi connectivity index (χ0n) is 15.1. The predicted octanol–water partition coefficient (Wildman–Crippen LogP) is 3.53. The molecule has 7 heteroatoms. The number of benzene rings is 2. The highest BCUT2D eigenvalue weighted by atomic mass is 19.2. The molecule has 0 saturated carbocycles.